The monoisotopic (exact) mass is 381 g/mol. The number of anilines is 2. The highest BCUT2D eigenvalue weighted by Crippen LogP contribution is 2.32. The van der Waals surface area contributed by atoms with Crippen molar-refractivity contribution in [2.24, 2.45) is 0 Å². The second-order valence-electron chi connectivity index (χ2n) is 6.87. The third-order valence-corrected chi connectivity index (χ3v) is 5.00. The molecule has 0 aromatic heterocycles. The van der Waals surface area contributed by atoms with Crippen LogP contribution in [0.4, 0.5) is 16.2 Å². The Morgan fingerprint density at radius 1 is 0.893 bits per heavy atom. The Kier molecular flexibility index (Phi) is 5.06. The van der Waals surface area contributed by atoms with Gasteiger partial charge < -0.3 is 24.6 Å². The number of amides is 2. The topological polar surface area (TPSA) is 71.1 Å². The molecule has 2 amide bonds. The van der Waals surface area contributed by atoms with Crippen LogP contribution < -0.4 is 19.7 Å². The van der Waals surface area contributed by atoms with E-state index in [-0.39, 0.29) is 11.8 Å². The first-order valence-electron chi connectivity index (χ1n) is 9.42. The molecule has 1 N–H and O–H groups in total. The number of hydrogen-bond donors (Lipinski definition) is 1. The number of urea groups is 1. The van der Waals surface area contributed by atoms with Gasteiger partial charge in [-0.2, -0.15) is 0 Å². The molecule has 7 nitrogen and oxygen atoms in total. The standard InChI is InChI=1S/C21H23N3O4/c1-15(25)16-2-5-18(6-3-16)23-8-10-24(11-9-23)21(26)22-17-4-7-19-20(14-17)28-13-12-27-19/h2-7,14H,8-13H2,1H3,(H,22,26). The van der Waals surface area contributed by atoms with Crippen molar-refractivity contribution in [3.63, 3.8) is 0 Å². The lowest BCUT2D eigenvalue weighted by atomic mass is 10.1. The van der Waals surface area contributed by atoms with Gasteiger partial charge in [-0.3, -0.25) is 4.79 Å². The lowest BCUT2D eigenvalue weighted by molar-refractivity contribution is 0.101. The molecule has 28 heavy (non-hydrogen) atoms. The van der Waals surface area contributed by atoms with Crippen LogP contribution in [0.1, 0.15) is 17.3 Å². The van der Waals surface area contributed by atoms with Crippen LogP contribution in [-0.4, -0.2) is 56.1 Å². The fourth-order valence-electron chi connectivity index (χ4n) is 3.40. The number of rotatable bonds is 3. The van der Waals surface area contributed by atoms with Crippen LogP contribution in [0.3, 0.4) is 0 Å². The SMILES string of the molecule is CC(=O)c1ccc(N2CCN(C(=O)Nc3ccc4c(c3)OCCO4)CC2)cc1. The fraction of sp³-hybridized carbons (Fsp3) is 0.333. The van der Waals surface area contributed by atoms with Gasteiger partial charge in [-0.25, -0.2) is 4.79 Å². The first-order chi connectivity index (χ1) is 13.6. The molecule has 7 heteroatoms. The number of carbonyl (C=O) groups excluding carboxylic acids is 2. The number of Topliss-reactive ketones (excluding diaryl/α,β-unsaturated/α-hetero) is 1. The van der Waals surface area contributed by atoms with Gasteiger partial charge in [0, 0.05) is 49.2 Å². The summed E-state index contributed by atoms with van der Waals surface area (Å²) in [4.78, 5) is 28.0. The van der Waals surface area contributed by atoms with Crippen molar-refractivity contribution in [1.29, 1.82) is 0 Å². The van der Waals surface area contributed by atoms with Gasteiger partial charge in [-0.05, 0) is 43.3 Å². The number of carbonyl (C=O) groups is 2. The molecule has 0 saturated carbocycles. The van der Waals surface area contributed by atoms with Crippen molar-refractivity contribution in [2.45, 2.75) is 6.92 Å². The summed E-state index contributed by atoms with van der Waals surface area (Å²) in [7, 11) is 0. The Labute approximate surface area is 163 Å². The molecule has 1 saturated heterocycles. The van der Waals surface area contributed by atoms with Crippen molar-refractivity contribution < 1.29 is 19.1 Å². The number of hydrogen-bond acceptors (Lipinski definition) is 5. The van der Waals surface area contributed by atoms with Gasteiger partial charge in [-0.1, -0.05) is 0 Å². The number of ether oxygens (including phenoxy) is 2. The Morgan fingerprint density at radius 2 is 1.57 bits per heavy atom. The summed E-state index contributed by atoms with van der Waals surface area (Å²) in [5.41, 5.74) is 2.47. The maximum Gasteiger partial charge on any atom is 0.321 e. The molecule has 2 aliphatic heterocycles. The normalized spacial score (nSPS) is 15.9. The Balaban J connectivity index is 1.33. The van der Waals surface area contributed by atoms with Gasteiger partial charge in [0.15, 0.2) is 17.3 Å². The van der Waals surface area contributed by atoms with Crippen LogP contribution in [0, 0.1) is 0 Å². The Hall–Kier alpha value is -3.22. The number of ketones is 1. The van der Waals surface area contributed by atoms with Crippen molar-refractivity contribution in [1.82, 2.24) is 4.90 Å². The molecule has 2 aromatic carbocycles. The molecule has 146 valence electrons. The molecule has 0 spiro atoms. The summed E-state index contributed by atoms with van der Waals surface area (Å²) in [5, 5.41) is 2.93. The van der Waals surface area contributed by atoms with Crippen molar-refractivity contribution in [3.05, 3.63) is 48.0 Å². The first-order valence-corrected chi connectivity index (χ1v) is 9.42. The van der Waals surface area contributed by atoms with Crippen LogP contribution >= 0.6 is 0 Å². The van der Waals surface area contributed by atoms with Gasteiger partial charge in [-0.15, -0.1) is 0 Å². The minimum atomic E-state index is -0.122. The van der Waals surface area contributed by atoms with Crippen molar-refractivity contribution in [3.8, 4) is 11.5 Å². The minimum absolute atomic E-state index is 0.0622. The van der Waals surface area contributed by atoms with Gasteiger partial charge in [0.05, 0.1) is 0 Å². The van der Waals surface area contributed by atoms with E-state index in [1.165, 1.54) is 0 Å². The van der Waals surface area contributed by atoms with E-state index in [2.05, 4.69) is 10.2 Å². The largest absolute Gasteiger partial charge is 0.486 e. The quantitative estimate of drug-likeness (QED) is 0.828. The maximum absolute atomic E-state index is 12.6. The van der Waals surface area contributed by atoms with Crippen LogP contribution in [0.2, 0.25) is 0 Å². The Morgan fingerprint density at radius 3 is 2.25 bits per heavy atom. The van der Waals surface area contributed by atoms with Gasteiger partial charge in [0.2, 0.25) is 0 Å². The highest BCUT2D eigenvalue weighted by molar-refractivity contribution is 5.94. The van der Waals surface area contributed by atoms with E-state index in [1.807, 2.05) is 36.4 Å². The van der Waals surface area contributed by atoms with Crippen LogP contribution in [0.25, 0.3) is 0 Å². The average molecular weight is 381 g/mol. The number of nitrogens with zero attached hydrogens (tertiary/aromatic N) is 2. The molecule has 0 aliphatic carbocycles. The number of benzene rings is 2. The summed E-state index contributed by atoms with van der Waals surface area (Å²) in [6, 6.07) is 12.9. The zero-order valence-corrected chi connectivity index (χ0v) is 15.8. The average Bonchev–Trinajstić information content (AvgIpc) is 2.74. The van der Waals surface area contributed by atoms with E-state index < -0.39 is 0 Å². The van der Waals surface area contributed by atoms with E-state index in [0.717, 1.165) is 18.8 Å². The number of fused-ring (bicyclic) bond motifs is 1. The summed E-state index contributed by atoms with van der Waals surface area (Å²) >= 11 is 0. The van der Waals surface area contributed by atoms with Gasteiger partial charge >= 0.3 is 6.03 Å². The molecule has 0 atom stereocenters. The summed E-state index contributed by atoms with van der Waals surface area (Å²) in [5.74, 6) is 1.42. The zero-order chi connectivity index (χ0) is 19.5. The number of nitrogens with one attached hydrogen (secondary N) is 1. The molecular weight excluding hydrogens is 358 g/mol. The molecule has 2 heterocycles. The third kappa shape index (κ3) is 3.88. The molecule has 4 rings (SSSR count). The predicted octanol–water partition coefficient (Wildman–Crippen LogP) is 3.01. The third-order valence-electron chi connectivity index (χ3n) is 5.00. The lowest BCUT2D eigenvalue weighted by Gasteiger charge is -2.36. The molecule has 0 bridgehead atoms. The van der Waals surface area contributed by atoms with E-state index in [0.29, 0.717) is 49.1 Å². The first kappa shape index (κ1) is 18.2. The molecule has 1 fully saturated rings. The zero-order valence-electron chi connectivity index (χ0n) is 15.8. The second-order valence-corrected chi connectivity index (χ2v) is 6.87. The smallest absolute Gasteiger partial charge is 0.321 e. The molecule has 0 unspecified atom stereocenters. The predicted molar refractivity (Wildman–Crippen MR) is 107 cm³/mol. The van der Waals surface area contributed by atoms with E-state index in [9.17, 15) is 9.59 Å². The molecular formula is C21H23N3O4. The summed E-state index contributed by atoms with van der Waals surface area (Å²) in [6.45, 7) is 5.37. The lowest BCUT2D eigenvalue weighted by Crippen LogP contribution is -2.50. The minimum Gasteiger partial charge on any atom is -0.486 e. The van der Waals surface area contributed by atoms with Gasteiger partial charge in [0.1, 0.15) is 13.2 Å². The van der Waals surface area contributed by atoms with Crippen LogP contribution in [0.15, 0.2) is 42.5 Å². The van der Waals surface area contributed by atoms with Crippen LogP contribution in [0.5, 0.6) is 11.5 Å². The Bertz CT molecular complexity index is 874. The summed E-state index contributed by atoms with van der Waals surface area (Å²) in [6.07, 6.45) is 0. The summed E-state index contributed by atoms with van der Waals surface area (Å²) < 4.78 is 11.1. The maximum atomic E-state index is 12.6. The molecule has 2 aliphatic rings. The van der Waals surface area contributed by atoms with E-state index in [1.54, 1.807) is 17.9 Å². The van der Waals surface area contributed by atoms with Crippen molar-refractivity contribution >= 4 is 23.2 Å². The van der Waals surface area contributed by atoms with Gasteiger partial charge in [0.25, 0.3) is 0 Å². The van der Waals surface area contributed by atoms with Crippen LogP contribution in [-0.2, 0) is 0 Å². The van der Waals surface area contributed by atoms with E-state index >= 15 is 0 Å². The van der Waals surface area contributed by atoms with E-state index in [4.69, 9.17) is 9.47 Å². The molecule has 0 radical (unpaired) electrons. The second kappa shape index (κ2) is 7.80. The highest BCUT2D eigenvalue weighted by Gasteiger charge is 2.22. The number of piperazine rings is 1. The van der Waals surface area contributed by atoms with Crippen molar-refractivity contribution in [2.75, 3.05) is 49.6 Å². The highest BCUT2D eigenvalue weighted by atomic mass is 16.6. The molecule has 2 aromatic rings. The fourth-order valence-corrected chi connectivity index (χ4v) is 3.40.